The molecule has 1 heterocycles. The minimum Gasteiger partial charge on any atom is -0.480 e. The molecule has 1 saturated heterocycles. The molecule has 1 unspecified atom stereocenters. The zero-order valence-corrected chi connectivity index (χ0v) is 12.6. The zero-order valence-electron chi connectivity index (χ0n) is 12.6. The molecule has 0 aromatic rings. The van der Waals surface area contributed by atoms with Crippen molar-refractivity contribution < 1.29 is 19.8 Å². The maximum atomic E-state index is 12.7. The summed E-state index contributed by atoms with van der Waals surface area (Å²) in [4.78, 5) is 27.2. The lowest BCUT2D eigenvalue weighted by Gasteiger charge is -2.42. The number of likely N-dealkylation sites (N-methyl/N-ethyl adjacent to an activating group) is 1. The van der Waals surface area contributed by atoms with Crippen LogP contribution in [0.3, 0.4) is 0 Å². The molecule has 2 amide bonds. The van der Waals surface area contributed by atoms with Crippen molar-refractivity contribution in [3.8, 4) is 0 Å². The average molecular weight is 286 g/mol. The smallest absolute Gasteiger partial charge is 0.329 e. The molecule has 1 fully saturated rings. The number of carboxylic acid groups (broad SMARTS) is 1. The van der Waals surface area contributed by atoms with Gasteiger partial charge in [0.05, 0.1) is 0 Å². The third kappa shape index (κ3) is 3.42. The van der Waals surface area contributed by atoms with Crippen molar-refractivity contribution in [2.45, 2.75) is 58.0 Å². The molecule has 0 aromatic carbocycles. The topological polar surface area (TPSA) is 81.1 Å². The Kier molecular flexibility index (Phi) is 5.80. The third-order valence-electron chi connectivity index (χ3n) is 4.08. The number of aliphatic hydroxyl groups is 1. The van der Waals surface area contributed by atoms with Crippen LogP contribution in [-0.4, -0.2) is 63.3 Å². The molecule has 20 heavy (non-hydrogen) atoms. The fourth-order valence-electron chi connectivity index (χ4n) is 2.74. The van der Waals surface area contributed by atoms with E-state index in [1.54, 1.807) is 25.7 Å². The van der Waals surface area contributed by atoms with Crippen molar-refractivity contribution in [1.82, 2.24) is 9.80 Å². The Hall–Kier alpha value is -1.30. The van der Waals surface area contributed by atoms with Crippen LogP contribution in [0.5, 0.6) is 0 Å². The largest absolute Gasteiger partial charge is 0.480 e. The molecule has 1 aliphatic rings. The number of nitrogens with zero attached hydrogens (tertiary/aromatic N) is 2. The quantitative estimate of drug-likeness (QED) is 0.803. The molecular formula is C14H26N2O4. The van der Waals surface area contributed by atoms with Crippen LogP contribution >= 0.6 is 0 Å². The number of urea groups is 1. The zero-order chi connectivity index (χ0) is 15.3. The standard InChI is InChI=1S/C14H26N2O4/c1-4-16(14(2,3)12(18)19)13(20)15-9-6-5-7-11(15)8-10-17/h11,17H,4-10H2,1-3H3,(H,18,19). The van der Waals surface area contributed by atoms with E-state index in [0.717, 1.165) is 19.3 Å². The lowest BCUT2D eigenvalue weighted by Crippen LogP contribution is -2.59. The summed E-state index contributed by atoms with van der Waals surface area (Å²) in [6, 6.07) is -0.224. The summed E-state index contributed by atoms with van der Waals surface area (Å²) in [6.45, 7) is 5.90. The Balaban J connectivity index is 2.91. The SMILES string of the molecule is CCN(C(=O)N1CCCCC1CCO)C(C)(C)C(=O)O. The number of amides is 2. The van der Waals surface area contributed by atoms with Gasteiger partial charge < -0.3 is 20.0 Å². The molecule has 1 rings (SSSR count). The number of likely N-dealkylation sites (tertiary alicyclic amines) is 1. The summed E-state index contributed by atoms with van der Waals surface area (Å²) in [5, 5.41) is 18.4. The minimum absolute atomic E-state index is 0.0138. The summed E-state index contributed by atoms with van der Waals surface area (Å²) in [6.07, 6.45) is 3.40. The van der Waals surface area contributed by atoms with Gasteiger partial charge in [-0.05, 0) is 46.5 Å². The normalized spacial score (nSPS) is 19.8. The van der Waals surface area contributed by atoms with Crippen molar-refractivity contribution in [3.63, 3.8) is 0 Å². The molecule has 0 spiro atoms. The van der Waals surface area contributed by atoms with Gasteiger partial charge in [-0.1, -0.05) is 0 Å². The second kappa shape index (κ2) is 6.92. The van der Waals surface area contributed by atoms with Gasteiger partial charge in [0.25, 0.3) is 0 Å². The van der Waals surface area contributed by atoms with Crippen LogP contribution < -0.4 is 0 Å². The van der Waals surface area contributed by atoms with Gasteiger partial charge in [-0.15, -0.1) is 0 Å². The Morgan fingerprint density at radius 2 is 2.00 bits per heavy atom. The first-order chi connectivity index (χ1) is 9.36. The summed E-state index contributed by atoms with van der Waals surface area (Å²) in [7, 11) is 0. The second-order valence-corrected chi connectivity index (χ2v) is 5.75. The number of hydrogen-bond acceptors (Lipinski definition) is 3. The van der Waals surface area contributed by atoms with Gasteiger partial charge >= 0.3 is 12.0 Å². The number of carbonyl (C=O) groups is 2. The molecule has 6 heteroatoms. The summed E-state index contributed by atoms with van der Waals surface area (Å²) in [5.41, 5.74) is -1.23. The van der Waals surface area contributed by atoms with Gasteiger partial charge in [0.2, 0.25) is 0 Å². The van der Waals surface area contributed by atoms with E-state index in [9.17, 15) is 14.7 Å². The van der Waals surface area contributed by atoms with E-state index in [1.807, 2.05) is 0 Å². The lowest BCUT2D eigenvalue weighted by atomic mass is 9.99. The van der Waals surface area contributed by atoms with E-state index < -0.39 is 11.5 Å². The number of aliphatic carboxylic acids is 1. The highest BCUT2D eigenvalue weighted by molar-refractivity contribution is 5.85. The molecule has 1 atom stereocenters. The number of carboxylic acids is 1. The molecule has 2 N–H and O–H groups in total. The van der Waals surface area contributed by atoms with Gasteiger partial charge in [-0.3, -0.25) is 0 Å². The Bertz CT molecular complexity index is 355. The molecule has 6 nitrogen and oxygen atoms in total. The first-order valence-corrected chi connectivity index (χ1v) is 7.28. The maximum Gasteiger partial charge on any atom is 0.329 e. The highest BCUT2D eigenvalue weighted by atomic mass is 16.4. The monoisotopic (exact) mass is 286 g/mol. The van der Waals surface area contributed by atoms with Gasteiger partial charge in [-0.25, -0.2) is 9.59 Å². The molecular weight excluding hydrogens is 260 g/mol. The highest BCUT2D eigenvalue weighted by Crippen LogP contribution is 2.24. The first-order valence-electron chi connectivity index (χ1n) is 7.28. The Labute approximate surface area is 120 Å². The molecule has 0 aliphatic carbocycles. The van der Waals surface area contributed by atoms with E-state index in [-0.39, 0.29) is 18.7 Å². The second-order valence-electron chi connectivity index (χ2n) is 5.75. The Morgan fingerprint density at radius 3 is 2.50 bits per heavy atom. The first kappa shape index (κ1) is 16.8. The van der Waals surface area contributed by atoms with Crippen molar-refractivity contribution in [2.24, 2.45) is 0 Å². The van der Waals surface area contributed by atoms with Gasteiger partial charge in [0, 0.05) is 25.7 Å². The van der Waals surface area contributed by atoms with E-state index in [4.69, 9.17) is 5.11 Å². The number of hydrogen-bond donors (Lipinski definition) is 2. The van der Waals surface area contributed by atoms with E-state index in [2.05, 4.69) is 0 Å². The van der Waals surface area contributed by atoms with Gasteiger partial charge in [0.1, 0.15) is 5.54 Å². The summed E-state index contributed by atoms with van der Waals surface area (Å²) in [5.74, 6) is -1.01. The lowest BCUT2D eigenvalue weighted by molar-refractivity contribution is -0.148. The predicted octanol–water partition coefficient (Wildman–Crippen LogP) is 1.53. The van der Waals surface area contributed by atoms with Gasteiger partial charge in [0.15, 0.2) is 0 Å². The van der Waals surface area contributed by atoms with Crippen LogP contribution in [-0.2, 0) is 4.79 Å². The van der Waals surface area contributed by atoms with Crippen molar-refractivity contribution in [3.05, 3.63) is 0 Å². The maximum absolute atomic E-state index is 12.7. The number of piperidine rings is 1. The highest BCUT2D eigenvalue weighted by Gasteiger charge is 2.40. The van der Waals surface area contributed by atoms with Gasteiger partial charge in [-0.2, -0.15) is 0 Å². The summed E-state index contributed by atoms with van der Waals surface area (Å²) < 4.78 is 0. The number of aliphatic hydroxyl groups excluding tert-OH is 1. The van der Waals surface area contributed by atoms with E-state index in [1.165, 1.54) is 4.90 Å². The molecule has 0 aromatic heterocycles. The van der Waals surface area contributed by atoms with Crippen LogP contribution in [0.1, 0.15) is 46.5 Å². The van der Waals surface area contributed by atoms with E-state index in [0.29, 0.717) is 19.5 Å². The van der Waals surface area contributed by atoms with Crippen molar-refractivity contribution in [2.75, 3.05) is 19.7 Å². The number of carbonyl (C=O) groups excluding carboxylic acids is 1. The van der Waals surface area contributed by atoms with Crippen LogP contribution in [0.15, 0.2) is 0 Å². The van der Waals surface area contributed by atoms with Crippen molar-refractivity contribution in [1.29, 1.82) is 0 Å². The van der Waals surface area contributed by atoms with Crippen LogP contribution in [0, 0.1) is 0 Å². The fourth-order valence-corrected chi connectivity index (χ4v) is 2.74. The van der Waals surface area contributed by atoms with Crippen LogP contribution in [0.25, 0.3) is 0 Å². The van der Waals surface area contributed by atoms with Crippen LogP contribution in [0.2, 0.25) is 0 Å². The Morgan fingerprint density at radius 1 is 1.35 bits per heavy atom. The minimum atomic E-state index is -1.23. The molecule has 1 aliphatic heterocycles. The third-order valence-corrected chi connectivity index (χ3v) is 4.08. The molecule has 0 radical (unpaired) electrons. The van der Waals surface area contributed by atoms with Crippen LogP contribution in [0.4, 0.5) is 4.79 Å². The predicted molar refractivity (Wildman–Crippen MR) is 75.5 cm³/mol. The molecule has 0 saturated carbocycles. The number of rotatable bonds is 5. The summed E-state index contributed by atoms with van der Waals surface area (Å²) >= 11 is 0. The molecule has 0 bridgehead atoms. The van der Waals surface area contributed by atoms with Crippen molar-refractivity contribution >= 4 is 12.0 Å². The average Bonchev–Trinajstić information content (AvgIpc) is 2.40. The van der Waals surface area contributed by atoms with E-state index >= 15 is 0 Å². The molecule has 116 valence electrons. The fraction of sp³-hybridized carbons (Fsp3) is 0.857.